The second-order valence-electron chi connectivity index (χ2n) is 5.63. The molecule has 0 aliphatic heterocycles. The minimum Gasteiger partial charge on any atom is -0.465 e. The Labute approximate surface area is 164 Å². The summed E-state index contributed by atoms with van der Waals surface area (Å²) in [4.78, 5) is 37.1. The van der Waals surface area contributed by atoms with E-state index in [0.717, 1.165) is 5.56 Å². The van der Waals surface area contributed by atoms with Gasteiger partial charge in [-0.25, -0.2) is 0 Å². The fraction of sp³-hybridized carbons (Fsp3) is 0.421. The van der Waals surface area contributed by atoms with Crippen LogP contribution in [0.2, 0.25) is 0 Å². The van der Waals surface area contributed by atoms with Crippen LogP contribution in [0.3, 0.4) is 0 Å². The molecule has 1 N–H and O–H groups in total. The lowest BCUT2D eigenvalue weighted by molar-refractivity contribution is -0.160. The molecule has 146 valence electrons. The Balaban J connectivity index is 3.13. The normalized spacial score (nSPS) is 13.3. The number of nitrogens with zero attached hydrogens (tertiary/aromatic N) is 1. The van der Waals surface area contributed by atoms with Crippen LogP contribution in [-0.2, 0) is 23.9 Å². The Kier molecular flexibility index (Phi) is 9.29. The summed E-state index contributed by atoms with van der Waals surface area (Å²) in [6, 6.07) is 9.12. The van der Waals surface area contributed by atoms with Crippen molar-refractivity contribution in [2.45, 2.75) is 27.7 Å². The Bertz CT molecular complexity index is 718. The molecule has 1 aromatic carbocycles. The van der Waals surface area contributed by atoms with Gasteiger partial charge in [0.15, 0.2) is 0 Å². The van der Waals surface area contributed by atoms with Crippen molar-refractivity contribution < 1.29 is 23.9 Å². The van der Waals surface area contributed by atoms with Gasteiger partial charge in [0.1, 0.15) is 22.6 Å². The maximum absolute atomic E-state index is 12.4. The zero-order valence-electron chi connectivity index (χ0n) is 15.9. The maximum atomic E-state index is 12.4. The van der Waals surface area contributed by atoms with E-state index in [2.05, 4.69) is 10.5 Å². The zero-order valence-corrected chi connectivity index (χ0v) is 16.7. The molecule has 0 amide bonds. The molecule has 1 aromatic rings. The van der Waals surface area contributed by atoms with Crippen molar-refractivity contribution >= 4 is 40.6 Å². The molecule has 0 radical (unpaired) electrons. The van der Waals surface area contributed by atoms with Crippen LogP contribution in [0, 0.1) is 11.8 Å². The second kappa shape index (κ2) is 11.2. The van der Waals surface area contributed by atoms with Crippen molar-refractivity contribution in [2.24, 2.45) is 16.9 Å². The molecule has 27 heavy (non-hydrogen) atoms. The number of thiocarbonyl (C=S) groups is 1. The molecule has 0 heterocycles. The Morgan fingerprint density at radius 1 is 1.00 bits per heavy atom. The molecule has 0 aliphatic rings. The molecular weight excluding hydrogens is 368 g/mol. The first-order valence-electron chi connectivity index (χ1n) is 8.56. The van der Waals surface area contributed by atoms with E-state index in [4.69, 9.17) is 21.7 Å². The van der Waals surface area contributed by atoms with Crippen LogP contribution >= 0.6 is 12.2 Å². The topological polar surface area (TPSA) is 94.1 Å². The van der Waals surface area contributed by atoms with Crippen LogP contribution in [0.5, 0.6) is 0 Å². The SMILES string of the molecule is CCOC(=O)[C@H](C(C)=O)[C@@H](C(=O)OCC)/C(C)=N\NC(=S)c1ccccc1. The minimum atomic E-state index is -1.33. The Morgan fingerprint density at radius 3 is 2.00 bits per heavy atom. The zero-order chi connectivity index (χ0) is 20.4. The average Bonchev–Trinajstić information content (AvgIpc) is 2.64. The molecule has 0 bridgehead atoms. The number of rotatable bonds is 9. The highest BCUT2D eigenvalue weighted by Crippen LogP contribution is 2.20. The van der Waals surface area contributed by atoms with Gasteiger partial charge in [-0.1, -0.05) is 42.5 Å². The molecular formula is C19H24N2O5S. The van der Waals surface area contributed by atoms with E-state index >= 15 is 0 Å². The van der Waals surface area contributed by atoms with Gasteiger partial charge in [-0.2, -0.15) is 5.10 Å². The number of hydrazone groups is 1. The number of carbonyl (C=O) groups excluding carboxylic acids is 3. The summed E-state index contributed by atoms with van der Waals surface area (Å²) < 4.78 is 9.99. The van der Waals surface area contributed by atoms with Gasteiger partial charge in [0.05, 0.1) is 18.9 Å². The fourth-order valence-electron chi connectivity index (χ4n) is 2.41. The second-order valence-corrected chi connectivity index (χ2v) is 6.04. The van der Waals surface area contributed by atoms with Crippen molar-refractivity contribution in [2.75, 3.05) is 13.2 Å². The molecule has 7 nitrogen and oxygen atoms in total. The number of Topliss-reactive ketones (excluding diaryl/α,β-unsaturated/α-hetero) is 1. The molecule has 2 atom stereocenters. The van der Waals surface area contributed by atoms with Gasteiger partial charge < -0.3 is 9.47 Å². The average molecular weight is 392 g/mol. The van der Waals surface area contributed by atoms with E-state index in [9.17, 15) is 14.4 Å². The van der Waals surface area contributed by atoms with E-state index in [1.54, 1.807) is 26.0 Å². The summed E-state index contributed by atoms with van der Waals surface area (Å²) >= 11 is 5.26. The molecule has 0 aromatic heterocycles. The first-order valence-corrected chi connectivity index (χ1v) is 8.97. The summed E-state index contributed by atoms with van der Waals surface area (Å²) in [5.41, 5.74) is 3.62. The molecule has 0 unspecified atom stereocenters. The number of ether oxygens (including phenoxy) is 2. The summed E-state index contributed by atoms with van der Waals surface area (Å²) in [6.45, 7) is 6.20. The number of benzene rings is 1. The highest BCUT2D eigenvalue weighted by Gasteiger charge is 2.41. The number of nitrogens with one attached hydrogen (secondary N) is 1. The molecule has 0 saturated heterocycles. The standard InChI is InChI=1S/C19H24N2O5S/c1-5-25-18(23)15(16(13(4)22)19(24)26-6-2)12(3)20-21-17(27)14-10-8-7-9-11-14/h7-11,15-16H,5-6H2,1-4H3,(H,21,27)/b20-12-/t15-,16+/m0/s1. The van der Waals surface area contributed by atoms with Crippen molar-refractivity contribution in [1.82, 2.24) is 5.43 Å². The first-order chi connectivity index (χ1) is 12.8. The third kappa shape index (κ3) is 6.56. The number of ketones is 1. The van der Waals surface area contributed by atoms with Gasteiger partial charge >= 0.3 is 11.9 Å². The molecule has 0 aliphatic carbocycles. The van der Waals surface area contributed by atoms with E-state index in [0.29, 0.717) is 4.99 Å². The van der Waals surface area contributed by atoms with Gasteiger partial charge in [-0.3, -0.25) is 19.8 Å². The van der Waals surface area contributed by atoms with Crippen molar-refractivity contribution in [3.05, 3.63) is 35.9 Å². The fourth-order valence-corrected chi connectivity index (χ4v) is 2.59. The van der Waals surface area contributed by atoms with Crippen molar-refractivity contribution in [1.29, 1.82) is 0 Å². The highest BCUT2D eigenvalue weighted by atomic mass is 32.1. The maximum Gasteiger partial charge on any atom is 0.317 e. The quantitative estimate of drug-likeness (QED) is 0.226. The lowest BCUT2D eigenvalue weighted by atomic mass is 9.85. The van der Waals surface area contributed by atoms with E-state index < -0.39 is 29.6 Å². The van der Waals surface area contributed by atoms with E-state index in [1.807, 2.05) is 18.2 Å². The predicted molar refractivity (Wildman–Crippen MR) is 105 cm³/mol. The number of carbonyl (C=O) groups is 3. The van der Waals surface area contributed by atoms with Crippen LogP contribution in [0.15, 0.2) is 35.4 Å². The van der Waals surface area contributed by atoms with Crippen LogP contribution < -0.4 is 5.43 Å². The number of hydrogen-bond donors (Lipinski definition) is 1. The molecule has 0 spiro atoms. The number of hydrogen-bond acceptors (Lipinski definition) is 7. The minimum absolute atomic E-state index is 0.0880. The molecule has 1 rings (SSSR count). The van der Waals surface area contributed by atoms with Crippen LogP contribution in [0.1, 0.15) is 33.3 Å². The Morgan fingerprint density at radius 2 is 1.52 bits per heavy atom. The van der Waals surface area contributed by atoms with Crippen LogP contribution in [0.4, 0.5) is 0 Å². The van der Waals surface area contributed by atoms with Gasteiger partial charge in [0.2, 0.25) is 0 Å². The summed E-state index contributed by atoms with van der Waals surface area (Å²) in [5.74, 6) is -4.55. The van der Waals surface area contributed by atoms with Crippen LogP contribution in [-0.4, -0.2) is 41.6 Å². The van der Waals surface area contributed by atoms with Crippen LogP contribution in [0.25, 0.3) is 0 Å². The molecule has 0 fully saturated rings. The third-order valence-corrected chi connectivity index (χ3v) is 4.00. The monoisotopic (exact) mass is 392 g/mol. The predicted octanol–water partition coefficient (Wildman–Crippen LogP) is 2.28. The van der Waals surface area contributed by atoms with Crippen molar-refractivity contribution in [3.8, 4) is 0 Å². The largest absolute Gasteiger partial charge is 0.465 e. The highest BCUT2D eigenvalue weighted by molar-refractivity contribution is 7.80. The summed E-state index contributed by atoms with van der Waals surface area (Å²) in [7, 11) is 0. The van der Waals surface area contributed by atoms with Gasteiger partial charge in [0, 0.05) is 5.56 Å². The summed E-state index contributed by atoms with van der Waals surface area (Å²) in [6.07, 6.45) is 0. The van der Waals surface area contributed by atoms with Crippen molar-refractivity contribution in [3.63, 3.8) is 0 Å². The first kappa shape index (κ1) is 22.4. The Hall–Kier alpha value is -2.61. The van der Waals surface area contributed by atoms with Gasteiger partial charge in [0.25, 0.3) is 0 Å². The number of esters is 2. The molecule has 0 saturated carbocycles. The van der Waals surface area contributed by atoms with Gasteiger partial charge in [-0.15, -0.1) is 0 Å². The van der Waals surface area contributed by atoms with E-state index in [-0.39, 0.29) is 18.9 Å². The van der Waals surface area contributed by atoms with E-state index in [1.165, 1.54) is 13.8 Å². The van der Waals surface area contributed by atoms with Gasteiger partial charge in [-0.05, 0) is 27.7 Å². The smallest absolute Gasteiger partial charge is 0.317 e. The molecule has 8 heteroatoms. The summed E-state index contributed by atoms with van der Waals surface area (Å²) in [5, 5.41) is 4.11. The third-order valence-electron chi connectivity index (χ3n) is 3.67. The lowest BCUT2D eigenvalue weighted by Crippen LogP contribution is -2.41. The lowest BCUT2D eigenvalue weighted by Gasteiger charge is -2.22.